The van der Waals surface area contributed by atoms with Crippen molar-refractivity contribution >= 4 is 23.8 Å². The van der Waals surface area contributed by atoms with Crippen LogP contribution in [0.4, 0.5) is 5.82 Å². The van der Waals surface area contributed by atoms with Gasteiger partial charge in [0.1, 0.15) is 11.6 Å². The van der Waals surface area contributed by atoms with Gasteiger partial charge in [0.2, 0.25) is 5.91 Å². The molecular formula is C34H42N4O5. The van der Waals surface area contributed by atoms with Crippen LogP contribution in [0.5, 0.6) is 5.75 Å². The van der Waals surface area contributed by atoms with Gasteiger partial charge in [0.25, 0.3) is 0 Å². The van der Waals surface area contributed by atoms with E-state index in [1.807, 2.05) is 57.4 Å². The van der Waals surface area contributed by atoms with Crippen molar-refractivity contribution < 1.29 is 24.2 Å². The van der Waals surface area contributed by atoms with Gasteiger partial charge in [0, 0.05) is 42.5 Å². The number of aryl methyl sites for hydroxylation is 1. The number of anilines is 1. The van der Waals surface area contributed by atoms with Crippen molar-refractivity contribution in [3.63, 3.8) is 0 Å². The van der Waals surface area contributed by atoms with Crippen LogP contribution >= 0.6 is 0 Å². The lowest BCUT2D eigenvalue weighted by Crippen LogP contribution is -2.39. The maximum absolute atomic E-state index is 14.1. The zero-order valence-electron chi connectivity index (χ0n) is 25.5. The number of carbonyl (C=O) groups is 2. The number of pyridine rings is 2. The SMILES string of the molecule is COc1cccc(Cc2ccc(CN(C(=O)C3CCC(OCCN(C)C)CC3)c3cc(C=CC(=O)O)ccn3)c(C)n2)c1. The predicted molar refractivity (Wildman–Crippen MR) is 167 cm³/mol. The molecule has 9 nitrogen and oxygen atoms in total. The number of carboxylic acid groups (broad SMARTS) is 1. The normalized spacial score (nSPS) is 16.9. The number of nitrogens with zero attached hydrogens (tertiary/aromatic N) is 4. The molecule has 9 heteroatoms. The fourth-order valence-corrected chi connectivity index (χ4v) is 5.29. The summed E-state index contributed by atoms with van der Waals surface area (Å²) in [6.45, 7) is 3.83. The molecule has 0 bridgehead atoms. The maximum atomic E-state index is 14.1. The molecule has 0 radical (unpaired) electrons. The zero-order valence-corrected chi connectivity index (χ0v) is 25.5. The second-order valence-corrected chi connectivity index (χ2v) is 11.3. The first-order valence-corrected chi connectivity index (χ1v) is 14.7. The summed E-state index contributed by atoms with van der Waals surface area (Å²) >= 11 is 0. The lowest BCUT2D eigenvalue weighted by Gasteiger charge is -2.32. The molecule has 43 heavy (non-hydrogen) atoms. The molecule has 1 aliphatic carbocycles. The molecule has 0 unspecified atom stereocenters. The monoisotopic (exact) mass is 586 g/mol. The van der Waals surface area contributed by atoms with Gasteiger partial charge in [-0.15, -0.1) is 0 Å². The predicted octanol–water partition coefficient (Wildman–Crippen LogP) is 5.15. The van der Waals surface area contributed by atoms with E-state index in [0.29, 0.717) is 31.0 Å². The summed E-state index contributed by atoms with van der Waals surface area (Å²) in [4.78, 5) is 38.4. The van der Waals surface area contributed by atoms with Gasteiger partial charge in [-0.05, 0) is 99.8 Å². The van der Waals surface area contributed by atoms with Crippen molar-refractivity contribution in [2.45, 2.75) is 51.7 Å². The van der Waals surface area contributed by atoms with Crippen LogP contribution in [0, 0.1) is 12.8 Å². The minimum absolute atomic E-state index is 0.0125. The van der Waals surface area contributed by atoms with Crippen molar-refractivity contribution in [1.29, 1.82) is 0 Å². The number of hydrogen-bond acceptors (Lipinski definition) is 7. The van der Waals surface area contributed by atoms with E-state index >= 15 is 0 Å². The van der Waals surface area contributed by atoms with Crippen molar-refractivity contribution in [3.8, 4) is 5.75 Å². The number of carboxylic acids is 1. The Balaban J connectivity index is 1.53. The second kappa shape index (κ2) is 15.4. The number of aromatic nitrogens is 2. The third-order valence-electron chi connectivity index (χ3n) is 7.75. The van der Waals surface area contributed by atoms with Crippen LogP contribution in [-0.4, -0.2) is 72.3 Å². The summed E-state index contributed by atoms with van der Waals surface area (Å²) in [5.41, 5.74) is 4.47. The average Bonchev–Trinajstić information content (AvgIpc) is 3.00. The standard InChI is InChI=1S/C34H42N4O5/c1-24-28(9-12-29(36-24)20-26-6-5-7-31(21-26)42-4)23-38(32-22-25(16-17-35-32)8-15-33(39)40)34(41)27-10-13-30(14-11-27)43-19-18-37(2)3/h5-9,12,15-17,21-22,27,30H,10-11,13-14,18-20,23H2,1-4H3,(H,39,40). The molecule has 1 saturated carbocycles. The topological polar surface area (TPSA) is 105 Å². The van der Waals surface area contributed by atoms with E-state index in [4.69, 9.17) is 19.6 Å². The van der Waals surface area contributed by atoms with Crippen molar-refractivity contribution in [1.82, 2.24) is 14.9 Å². The highest BCUT2D eigenvalue weighted by atomic mass is 16.5. The van der Waals surface area contributed by atoms with Gasteiger partial charge in [-0.3, -0.25) is 14.7 Å². The fourth-order valence-electron chi connectivity index (χ4n) is 5.29. The molecule has 1 N–H and O–H groups in total. The van der Waals surface area contributed by atoms with Gasteiger partial charge < -0.3 is 19.5 Å². The Labute approximate surface area is 254 Å². The van der Waals surface area contributed by atoms with Crippen LogP contribution in [0.15, 0.2) is 60.8 Å². The third-order valence-corrected chi connectivity index (χ3v) is 7.75. The number of carbonyl (C=O) groups excluding carboxylic acids is 1. The Morgan fingerprint density at radius 3 is 2.56 bits per heavy atom. The van der Waals surface area contributed by atoms with Crippen LogP contribution in [0.25, 0.3) is 6.08 Å². The Bertz CT molecular complexity index is 1420. The van der Waals surface area contributed by atoms with Gasteiger partial charge in [-0.2, -0.15) is 0 Å². The number of aliphatic carboxylic acids is 1. The molecule has 2 heterocycles. The number of ether oxygens (including phenoxy) is 2. The first-order chi connectivity index (χ1) is 20.7. The van der Waals surface area contributed by atoms with Gasteiger partial charge in [0.15, 0.2) is 0 Å². The smallest absolute Gasteiger partial charge is 0.328 e. The van der Waals surface area contributed by atoms with Crippen LogP contribution in [0.3, 0.4) is 0 Å². The van der Waals surface area contributed by atoms with E-state index < -0.39 is 5.97 Å². The van der Waals surface area contributed by atoms with Gasteiger partial charge in [-0.25, -0.2) is 9.78 Å². The molecule has 3 aromatic rings. The number of amides is 1. The minimum Gasteiger partial charge on any atom is -0.497 e. The highest BCUT2D eigenvalue weighted by molar-refractivity contribution is 5.94. The Morgan fingerprint density at radius 2 is 1.86 bits per heavy atom. The van der Waals surface area contributed by atoms with Crippen LogP contribution in [0.1, 0.15) is 53.8 Å². The largest absolute Gasteiger partial charge is 0.497 e. The van der Waals surface area contributed by atoms with Gasteiger partial charge in [0.05, 0.1) is 26.4 Å². The molecule has 0 spiro atoms. The Hall–Kier alpha value is -4.08. The quantitative estimate of drug-likeness (QED) is 0.274. The molecule has 1 amide bonds. The Morgan fingerprint density at radius 1 is 1.07 bits per heavy atom. The summed E-state index contributed by atoms with van der Waals surface area (Å²) < 4.78 is 11.4. The van der Waals surface area contributed by atoms with Crippen molar-refractivity contribution in [3.05, 3.63) is 88.9 Å². The third kappa shape index (κ3) is 9.46. The summed E-state index contributed by atoms with van der Waals surface area (Å²) in [5.74, 6) is 0.128. The summed E-state index contributed by atoms with van der Waals surface area (Å²) in [6, 6.07) is 15.5. The number of hydrogen-bond donors (Lipinski definition) is 1. The number of rotatable bonds is 13. The molecule has 4 rings (SSSR count). The molecule has 1 fully saturated rings. The first-order valence-electron chi connectivity index (χ1n) is 14.7. The molecule has 0 aliphatic heterocycles. The summed E-state index contributed by atoms with van der Waals surface area (Å²) in [5, 5.41) is 9.09. The van der Waals surface area contributed by atoms with E-state index in [1.165, 1.54) is 6.08 Å². The average molecular weight is 587 g/mol. The fraction of sp³-hybridized carbons (Fsp3) is 0.412. The second-order valence-electron chi connectivity index (χ2n) is 11.3. The van der Waals surface area contributed by atoms with E-state index in [2.05, 4.69) is 9.88 Å². The maximum Gasteiger partial charge on any atom is 0.328 e. The van der Waals surface area contributed by atoms with Crippen LogP contribution < -0.4 is 9.64 Å². The van der Waals surface area contributed by atoms with E-state index in [1.54, 1.807) is 30.3 Å². The minimum atomic E-state index is -1.04. The number of methoxy groups -OCH3 is 1. The summed E-state index contributed by atoms with van der Waals surface area (Å²) in [7, 11) is 5.71. The van der Waals surface area contributed by atoms with Crippen LogP contribution in [-0.2, 0) is 27.3 Å². The van der Waals surface area contributed by atoms with E-state index in [9.17, 15) is 9.59 Å². The van der Waals surface area contributed by atoms with Crippen LogP contribution in [0.2, 0.25) is 0 Å². The van der Waals surface area contributed by atoms with E-state index in [0.717, 1.165) is 66.6 Å². The molecule has 0 saturated heterocycles. The lowest BCUT2D eigenvalue weighted by atomic mass is 9.86. The highest BCUT2D eigenvalue weighted by Gasteiger charge is 2.31. The Kier molecular flexibility index (Phi) is 11.4. The molecule has 228 valence electrons. The van der Waals surface area contributed by atoms with Crippen molar-refractivity contribution in [2.75, 3.05) is 39.3 Å². The lowest BCUT2D eigenvalue weighted by molar-refractivity contribution is -0.131. The summed E-state index contributed by atoms with van der Waals surface area (Å²) in [6.07, 6.45) is 8.20. The molecule has 1 aromatic carbocycles. The van der Waals surface area contributed by atoms with Gasteiger partial charge in [-0.1, -0.05) is 18.2 Å². The van der Waals surface area contributed by atoms with Crippen molar-refractivity contribution in [2.24, 2.45) is 5.92 Å². The highest BCUT2D eigenvalue weighted by Crippen LogP contribution is 2.30. The molecular weight excluding hydrogens is 544 g/mol. The molecule has 2 aromatic heterocycles. The molecule has 0 atom stereocenters. The number of benzene rings is 1. The van der Waals surface area contributed by atoms with Gasteiger partial charge >= 0.3 is 5.97 Å². The van der Waals surface area contributed by atoms with E-state index in [-0.39, 0.29) is 17.9 Å². The molecule has 1 aliphatic rings. The zero-order chi connectivity index (χ0) is 30.8. The number of likely N-dealkylation sites (N-methyl/N-ethyl adjacent to an activating group) is 1. The first kappa shape index (κ1) is 31.8.